The first-order chi connectivity index (χ1) is 9.97. The number of hydrogen-bond donors (Lipinski definition) is 2. The second kappa shape index (κ2) is 6.54. The van der Waals surface area contributed by atoms with E-state index in [0.29, 0.717) is 23.1 Å². The third kappa shape index (κ3) is 3.92. The number of carboxylic acid groups (broad SMARTS) is 1. The maximum Gasteiger partial charge on any atom is 0.356 e. The number of benzene rings is 1. The summed E-state index contributed by atoms with van der Waals surface area (Å²) in [5.41, 5.74) is 1.33. The molecular weight excluding hydrogens is 290 g/mol. The lowest BCUT2D eigenvalue weighted by molar-refractivity contribution is 0.0691. The van der Waals surface area contributed by atoms with Crippen LogP contribution < -0.4 is 5.32 Å². The molecule has 5 nitrogen and oxygen atoms in total. The Morgan fingerprint density at radius 2 is 2.19 bits per heavy atom. The highest BCUT2D eigenvalue weighted by atomic mass is 35.5. The topological polar surface area (TPSA) is 75.1 Å². The molecule has 0 unspecified atom stereocenters. The zero-order chi connectivity index (χ0) is 15.4. The summed E-state index contributed by atoms with van der Waals surface area (Å²) in [6, 6.07) is 7.35. The van der Waals surface area contributed by atoms with Gasteiger partial charge in [0.2, 0.25) is 0 Å². The summed E-state index contributed by atoms with van der Waals surface area (Å²) in [6.07, 6.45) is 1.51. The van der Waals surface area contributed by atoms with Crippen LogP contribution >= 0.6 is 11.6 Å². The van der Waals surface area contributed by atoms with Crippen molar-refractivity contribution in [3.8, 4) is 0 Å². The summed E-state index contributed by atoms with van der Waals surface area (Å²) in [5.74, 6) is -0.487. The predicted octanol–water partition coefficient (Wildman–Crippen LogP) is 3.56. The van der Waals surface area contributed by atoms with Crippen molar-refractivity contribution in [1.82, 2.24) is 9.97 Å². The van der Waals surface area contributed by atoms with Crippen LogP contribution in [0.25, 0.3) is 0 Å². The molecule has 0 amide bonds. The van der Waals surface area contributed by atoms with Gasteiger partial charge in [0, 0.05) is 17.5 Å². The molecule has 2 aromatic rings. The fourth-order valence-electron chi connectivity index (χ4n) is 1.81. The van der Waals surface area contributed by atoms with Gasteiger partial charge < -0.3 is 10.4 Å². The fraction of sp³-hybridized carbons (Fsp3) is 0.267. The van der Waals surface area contributed by atoms with Crippen LogP contribution in [-0.2, 0) is 6.54 Å². The van der Waals surface area contributed by atoms with Crippen molar-refractivity contribution < 1.29 is 9.90 Å². The summed E-state index contributed by atoms with van der Waals surface area (Å²) >= 11 is 5.92. The fourth-order valence-corrected chi connectivity index (χ4v) is 2.02. The van der Waals surface area contributed by atoms with Crippen LogP contribution in [0.4, 0.5) is 5.69 Å². The molecule has 0 aliphatic rings. The smallest absolute Gasteiger partial charge is 0.356 e. The van der Waals surface area contributed by atoms with Gasteiger partial charge in [0.15, 0.2) is 5.69 Å². The molecule has 0 bridgehead atoms. The highest BCUT2D eigenvalue weighted by molar-refractivity contribution is 6.30. The van der Waals surface area contributed by atoms with Crippen LogP contribution in [0.15, 0.2) is 30.5 Å². The van der Waals surface area contributed by atoms with Crippen molar-refractivity contribution in [2.75, 3.05) is 5.32 Å². The minimum atomic E-state index is -1.08. The van der Waals surface area contributed by atoms with Gasteiger partial charge in [-0.25, -0.2) is 14.8 Å². The molecule has 1 heterocycles. The molecule has 2 rings (SSSR count). The Balaban J connectivity index is 2.21. The number of nitrogens with zero attached hydrogens (tertiary/aromatic N) is 2. The molecule has 110 valence electrons. The van der Waals surface area contributed by atoms with E-state index in [4.69, 9.17) is 11.6 Å². The molecule has 2 N–H and O–H groups in total. The average molecular weight is 306 g/mol. The largest absolute Gasteiger partial charge is 0.476 e. The van der Waals surface area contributed by atoms with Crippen molar-refractivity contribution in [1.29, 1.82) is 0 Å². The van der Waals surface area contributed by atoms with Gasteiger partial charge in [0.1, 0.15) is 5.82 Å². The maximum atomic E-state index is 11.3. The zero-order valence-corrected chi connectivity index (χ0v) is 12.6. The highest BCUT2D eigenvalue weighted by Gasteiger charge is 2.15. The normalized spacial score (nSPS) is 10.7. The Hall–Kier alpha value is -2.14. The first-order valence-corrected chi connectivity index (χ1v) is 6.93. The van der Waals surface area contributed by atoms with Crippen molar-refractivity contribution >= 4 is 23.3 Å². The molecule has 0 spiro atoms. The molecule has 21 heavy (non-hydrogen) atoms. The molecule has 0 aliphatic carbocycles. The number of halogens is 1. The lowest BCUT2D eigenvalue weighted by Gasteiger charge is -2.11. The van der Waals surface area contributed by atoms with E-state index >= 15 is 0 Å². The number of carbonyl (C=O) groups is 1. The quantitative estimate of drug-likeness (QED) is 0.883. The molecule has 0 fully saturated rings. The van der Waals surface area contributed by atoms with Crippen molar-refractivity contribution in [2.24, 2.45) is 0 Å². The van der Waals surface area contributed by atoms with Crippen LogP contribution in [0.3, 0.4) is 0 Å². The number of aromatic carboxylic acids is 1. The van der Waals surface area contributed by atoms with E-state index in [1.54, 1.807) is 6.07 Å². The molecule has 1 aromatic heterocycles. The van der Waals surface area contributed by atoms with Gasteiger partial charge in [-0.15, -0.1) is 0 Å². The Labute approximate surface area is 128 Å². The van der Waals surface area contributed by atoms with Gasteiger partial charge in [-0.2, -0.15) is 0 Å². The van der Waals surface area contributed by atoms with E-state index in [9.17, 15) is 9.90 Å². The van der Waals surface area contributed by atoms with Crippen LogP contribution in [0, 0.1) is 0 Å². The summed E-state index contributed by atoms with van der Waals surface area (Å²) in [7, 11) is 0. The highest BCUT2D eigenvalue weighted by Crippen LogP contribution is 2.18. The molecule has 0 saturated heterocycles. The summed E-state index contributed by atoms with van der Waals surface area (Å²) in [6.45, 7) is 4.28. The molecule has 0 saturated carbocycles. The van der Waals surface area contributed by atoms with Gasteiger partial charge >= 0.3 is 5.97 Å². The SMILES string of the molecule is CC(C)c1ncc(NCc2cccc(Cl)c2)c(C(=O)O)n1. The van der Waals surface area contributed by atoms with Gasteiger partial charge in [-0.1, -0.05) is 37.6 Å². The van der Waals surface area contributed by atoms with Gasteiger partial charge in [0.05, 0.1) is 11.9 Å². The van der Waals surface area contributed by atoms with E-state index in [1.165, 1.54) is 6.20 Å². The number of nitrogens with one attached hydrogen (secondary N) is 1. The standard InChI is InChI=1S/C15H16ClN3O2/c1-9(2)14-18-8-12(13(19-14)15(20)21)17-7-10-4-3-5-11(16)6-10/h3-6,8-9,17H,7H2,1-2H3,(H,20,21). The summed E-state index contributed by atoms with van der Waals surface area (Å²) in [5, 5.41) is 12.9. The summed E-state index contributed by atoms with van der Waals surface area (Å²) in [4.78, 5) is 19.6. The van der Waals surface area contributed by atoms with E-state index in [-0.39, 0.29) is 11.6 Å². The monoisotopic (exact) mass is 305 g/mol. The molecule has 0 radical (unpaired) electrons. The van der Waals surface area contributed by atoms with Gasteiger partial charge in [-0.3, -0.25) is 0 Å². The second-order valence-electron chi connectivity index (χ2n) is 4.93. The molecular formula is C15H16ClN3O2. The molecule has 0 aliphatic heterocycles. The van der Waals surface area contributed by atoms with Gasteiger partial charge in [-0.05, 0) is 17.7 Å². The average Bonchev–Trinajstić information content (AvgIpc) is 2.44. The van der Waals surface area contributed by atoms with Gasteiger partial charge in [0.25, 0.3) is 0 Å². The first kappa shape index (κ1) is 15.3. The second-order valence-corrected chi connectivity index (χ2v) is 5.37. The van der Waals surface area contributed by atoms with Crippen LogP contribution in [0.5, 0.6) is 0 Å². The van der Waals surface area contributed by atoms with Crippen LogP contribution in [0.2, 0.25) is 5.02 Å². The predicted molar refractivity (Wildman–Crippen MR) is 81.9 cm³/mol. The first-order valence-electron chi connectivity index (χ1n) is 6.56. The Kier molecular flexibility index (Phi) is 4.75. The number of carboxylic acids is 1. The molecule has 6 heteroatoms. The third-order valence-corrected chi connectivity index (χ3v) is 3.13. The maximum absolute atomic E-state index is 11.3. The Morgan fingerprint density at radius 1 is 1.43 bits per heavy atom. The van der Waals surface area contributed by atoms with Crippen molar-refractivity contribution in [2.45, 2.75) is 26.3 Å². The Morgan fingerprint density at radius 3 is 2.81 bits per heavy atom. The number of hydrogen-bond acceptors (Lipinski definition) is 4. The minimum Gasteiger partial charge on any atom is -0.476 e. The summed E-state index contributed by atoms with van der Waals surface area (Å²) < 4.78 is 0. The minimum absolute atomic E-state index is 0.0178. The Bertz CT molecular complexity index is 659. The van der Waals surface area contributed by atoms with Crippen molar-refractivity contribution in [3.63, 3.8) is 0 Å². The number of anilines is 1. The van der Waals surface area contributed by atoms with E-state index in [2.05, 4.69) is 15.3 Å². The number of aromatic nitrogens is 2. The lowest BCUT2D eigenvalue weighted by atomic mass is 10.2. The number of rotatable bonds is 5. The van der Waals surface area contributed by atoms with Crippen molar-refractivity contribution in [3.05, 3.63) is 52.6 Å². The zero-order valence-electron chi connectivity index (χ0n) is 11.8. The third-order valence-electron chi connectivity index (χ3n) is 2.90. The van der Waals surface area contributed by atoms with Crippen LogP contribution in [0.1, 0.15) is 41.6 Å². The van der Waals surface area contributed by atoms with E-state index in [1.807, 2.05) is 32.0 Å². The lowest BCUT2D eigenvalue weighted by Crippen LogP contribution is -2.12. The van der Waals surface area contributed by atoms with E-state index < -0.39 is 5.97 Å². The van der Waals surface area contributed by atoms with Crippen LogP contribution in [-0.4, -0.2) is 21.0 Å². The van der Waals surface area contributed by atoms with E-state index in [0.717, 1.165) is 5.56 Å². The molecule has 1 aromatic carbocycles. The molecule has 0 atom stereocenters.